The number of anilines is 1. The van der Waals surface area contributed by atoms with Crippen LogP contribution >= 0.6 is 0 Å². The summed E-state index contributed by atoms with van der Waals surface area (Å²) >= 11 is 0. The van der Waals surface area contributed by atoms with Crippen LogP contribution in [-0.4, -0.2) is 23.8 Å². The standard InChI is InChI=1S/C10H13NO2.C4H9N/c1-10(2)5-6-3-7(11)8(12)4-9(6)13-10;1-2-4-5-3-1/h3-4,12H,5,11H2,1-2H3;5H,1-4H2. The third-order valence-electron chi connectivity index (χ3n) is 3.17. The number of aromatic hydroxyl groups is 1. The molecule has 0 atom stereocenters. The third kappa shape index (κ3) is 3.07. The van der Waals surface area contributed by atoms with E-state index in [2.05, 4.69) is 5.32 Å². The number of rotatable bonds is 0. The second-order valence-corrected chi connectivity index (χ2v) is 5.51. The minimum absolute atomic E-state index is 0.0939. The van der Waals surface area contributed by atoms with Crippen molar-refractivity contribution in [3.63, 3.8) is 0 Å². The zero-order valence-electron chi connectivity index (χ0n) is 11.1. The van der Waals surface area contributed by atoms with Crippen molar-refractivity contribution in [1.82, 2.24) is 5.32 Å². The lowest BCUT2D eigenvalue weighted by Gasteiger charge is -2.16. The number of hydrogen-bond acceptors (Lipinski definition) is 4. The highest BCUT2D eigenvalue weighted by molar-refractivity contribution is 5.59. The molecule has 4 heteroatoms. The van der Waals surface area contributed by atoms with Crippen molar-refractivity contribution in [2.75, 3.05) is 18.8 Å². The molecule has 1 aromatic carbocycles. The highest BCUT2D eigenvalue weighted by Crippen LogP contribution is 2.39. The van der Waals surface area contributed by atoms with E-state index in [9.17, 15) is 5.11 Å². The first kappa shape index (κ1) is 13.0. The van der Waals surface area contributed by atoms with Crippen molar-refractivity contribution in [2.24, 2.45) is 0 Å². The van der Waals surface area contributed by atoms with Gasteiger partial charge < -0.3 is 20.9 Å². The SMILES string of the molecule is C1CCNC1.CC1(C)Cc2cc(N)c(O)cc2O1. The maximum absolute atomic E-state index is 9.35. The number of nitrogens with one attached hydrogen (secondary N) is 1. The van der Waals surface area contributed by atoms with Crippen LogP contribution in [0.25, 0.3) is 0 Å². The van der Waals surface area contributed by atoms with Crippen LogP contribution in [0.2, 0.25) is 0 Å². The van der Waals surface area contributed by atoms with Gasteiger partial charge in [0.05, 0.1) is 5.69 Å². The topological polar surface area (TPSA) is 67.5 Å². The zero-order valence-corrected chi connectivity index (χ0v) is 11.1. The summed E-state index contributed by atoms with van der Waals surface area (Å²) in [7, 11) is 0. The predicted octanol–water partition coefficient (Wildman–Crippen LogP) is 2.06. The van der Waals surface area contributed by atoms with Crippen molar-refractivity contribution in [1.29, 1.82) is 0 Å². The van der Waals surface area contributed by atoms with E-state index in [-0.39, 0.29) is 11.4 Å². The average Bonchev–Trinajstić information content (AvgIpc) is 2.89. The summed E-state index contributed by atoms with van der Waals surface area (Å²) in [5.74, 6) is 0.841. The van der Waals surface area contributed by atoms with Crippen LogP contribution in [0.5, 0.6) is 11.5 Å². The molecule has 0 spiro atoms. The Morgan fingerprint density at radius 2 is 1.94 bits per heavy atom. The van der Waals surface area contributed by atoms with Gasteiger partial charge in [-0.15, -0.1) is 0 Å². The van der Waals surface area contributed by atoms with E-state index < -0.39 is 0 Å². The molecule has 0 radical (unpaired) electrons. The zero-order chi connectivity index (χ0) is 13.2. The van der Waals surface area contributed by atoms with E-state index in [0.29, 0.717) is 5.69 Å². The van der Waals surface area contributed by atoms with Gasteiger partial charge in [0.1, 0.15) is 17.1 Å². The van der Waals surface area contributed by atoms with Crippen molar-refractivity contribution in [2.45, 2.75) is 38.7 Å². The summed E-state index contributed by atoms with van der Waals surface area (Å²) in [5, 5.41) is 12.6. The summed E-state index contributed by atoms with van der Waals surface area (Å²) in [6.45, 7) is 6.53. The first-order valence-corrected chi connectivity index (χ1v) is 6.49. The minimum atomic E-state index is -0.178. The lowest BCUT2D eigenvalue weighted by Crippen LogP contribution is -2.24. The normalized spacial score (nSPS) is 19.7. The first-order chi connectivity index (χ1) is 8.48. The molecule has 0 bridgehead atoms. The van der Waals surface area contributed by atoms with Gasteiger partial charge in [-0.3, -0.25) is 0 Å². The largest absolute Gasteiger partial charge is 0.506 e. The highest BCUT2D eigenvalue weighted by atomic mass is 16.5. The Morgan fingerprint density at radius 1 is 1.28 bits per heavy atom. The van der Waals surface area contributed by atoms with Crippen LogP contribution in [0.3, 0.4) is 0 Å². The number of hydrogen-bond donors (Lipinski definition) is 3. The molecule has 0 aliphatic carbocycles. The van der Waals surface area contributed by atoms with Gasteiger partial charge in [0, 0.05) is 18.1 Å². The molecular weight excluding hydrogens is 228 g/mol. The predicted molar refractivity (Wildman–Crippen MR) is 73.0 cm³/mol. The monoisotopic (exact) mass is 250 g/mol. The number of fused-ring (bicyclic) bond motifs is 1. The number of phenols is 1. The van der Waals surface area contributed by atoms with E-state index in [1.54, 1.807) is 12.1 Å². The van der Waals surface area contributed by atoms with Crippen molar-refractivity contribution < 1.29 is 9.84 Å². The second kappa shape index (κ2) is 5.06. The molecule has 4 nitrogen and oxygen atoms in total. The number of nitrogen functional groups attached to an aromatic ring is 1. The quantitative estimate of drug-likeness (QED) is 0.487. The van der Waals surface area contributed by atoms with Crippen LogP contribution in [0.4, 0.5) is 5.69 Å². The van der Waals surface area contributed by atoms with E-state index in [1.807, 2.05) is 13.8 Å². The molecule has 0 unspecified atom stereocenters. The molecule has 0 aromatic heterocycles. The number of ether oxygens (including phenoxy) is 1. The van der Waals surface area contributed by atoms with Gasteiger partial charge in [0.15, 0.2) is 0 Å². The molecule has 0 saturated carbocycles. The van der Waals surface area contributed by atoms with Crippen LogP contribution in [0.1, 0.15) is 32.3 Å². The summed E-state index contributed by atoms with van der Waals surface area (Å²) in [5.41, 5.74) is 6.88. The molecule has 0 amide bonds. The Hall–Kier alpha value is -1.42. The van der Waals surface area contributed by atoms with Gasteiger partial charge in [-0.25, -0.2) is 0 Å². The van der Waals surface area contributed by atoms with Crippen molar-refractivity contribution in [3.05, 3.63) is 17.7 Å². The molecule has 1 saturated heterocycles. The van der Waals surface area contributed by atoms with Crippen LogP contribution in [0.15, 0.2) is 12.1 Å². The van der Waals surface area contributed by atoms with E-state index in [1.165, 1.54) is 25.9 Å². The molecule has 3 rings (SSSR count). The smallest absolute Gasteiger partial charge is 0.142 e. The Labute approximate surface area is 108 Å². The second-order valence-electron chi connectivity index (χ2n) is 5.51. The maximum Gasteiger partial charge on any atom is 0.142 e. The average molecular weight is 250 g/mol. The maximum atomic E-state index is 9.35. The number of phenolic OH excluding ortho intramolecular Hbond substituents is 1. The molecule has 1 fully saturated rings. The Morgan fingerprint density at radius 3 is 2.50 bits per heavy atom. The Bertz CT molecular complexity index is 385. The third-order valence-corrected chi connectivity index (χ3v) is 3.17. The van der Waals surface area contributed by atoms with Crippen LogP contribution in [-0.2, 0) is 6.42 Å². The lowest BCUT2D eigenvalue weighted by atomic mass is 10.0. The summed E-state index contributed by atoms with van der Waals surface area (Å²) in [6, 6.07) is 3.36. The minimum Gasteiger partial charge on any atom is -0.506 e. The Kier molecular flexibility index (Phi) is 3.66. The molecule has 100 valence electrons. The molecule has 2 aliphatic rings. The molecule has 2 aliphatic heterocycles. The molecule has 4 N–H and O–H groups in total. The molecule has 18 heavy (non-hydrogen) atoms. The molecule has 2 heterocycles. The van der Waals surface area contributed by atoms with Gasteiger partial charge >= 0.3 is 0 Å². The van der Waals surface area contributed by atoms with Crippen molar-refractivity contribution in [3.8, 4) is 11.5 Å². The fraction of sp³-hybridized carbons (Fsp3) is 0.571. The molecule has 1 aromatic rings. The van der Waals surface area contributed by atoms with E-state index in [0.717, 1.165) is 17.7 Å². The van der Waals surface area contributed by atoms with E-state index in [4.69, 9.17) is 10.5 Å². The Balaban J connectivity index is 0.000000202. The summed E-state index contributed by atoms with van der Waals surface area (Å²) in [4.78, 5) is 0. The first-order valence-electron chi connectivity index (χ1n) is 6.49. The van der Waals surface area contributed by atoms with Crippen LogP contribution < -0.4 is 15.8 Å². The molecular formula is C14H22N2O2. The van der Waals surface area contributed by atoms with E-state index >= 15 is 0 Å². The fourth-order valence-corrected chi connectivity index (χ4v) is 2.28. The van der Waals surface area contributed by atoms with Gasteiger partial charge in [0.2, 0.25) is 0 Å². The van der Waals surface area contributed by atoms with Crippen molar-refractivity contribution >= 4 is 5.69 Å². The van der Waals surface area contributed by atoms with Crippen LogP contribution in [0, 0.1) is 0 Å². The van der Waals surface area contributed by atoms with Gasteiger partial charge in [-0.2, -0.15) is 0 Å². The fourth-order valence-electron chi connectivity index (χ4n) is 2.28. The van der Waals surface area contributed by atoms with Gasteiger partial charge in [-0.05, 0) is 45.8 Å². The summed E-state index contributed by atoms with van der Waals surface area (Å²) in [6.07, 6.45) is 3.62. The number of nitrogens with two attached hydrogens (primary N) is 1. The lowest BCUT2D eigenvalue weighted by molar-refractivity contribution is 0.138. The van der Waals surface area contributed by atoms with Gasteiger partial charge in [0.25, 0.3) is 0 Å². The summed E-state index contributed by atoms with van der Waals surface area (Å²) < 4.78 is 5.61. The van der Waals surface area contributed by atoms with Gasteiger partial charge in [-0.1, -0.05) is 0 Å². The number of benzene rings is 1. The highest BCUT2D eigenvalue weighted by Gasteiger charge is 2.30.